The minimum Gasteiger partial charge on any atom is -0.443 e. The van der Waals surface area contributed by atoms with Crippen molar-refractivity contribution in [3.05, 3.63) is 114 Å². The van der Waals surface area contributed by atoms with Crippen LogP contribution in [0.3, 0.4) is 0 Å². The van der Waals surface area contributed by atoms with Crippen LogP contribution in [-0.4, -0.2) is 44.5 Å². The molecule has 11 heteroatoms. The van der Waals surface area contributed by atoms with Crippen molar-refractivity contribution in [1.29, 1.82) is 0 Å². The summed E-state index contributed by atoms with van der Waals surface area (Å²) < 4.78 is 48.7. The van der Waals surface area contributed by atoms with E-state index in [1.165, 1.54) is 0 Å². The molecule has 1 fully saturated rings. The monoisotopic (exact) mass is 602 g/mol. The number of halogens is 3. The fourth-order valence-electron chi connectivity index (χ4n) is 6.48. The van der Waals surface area contributed by atoms with E-state index in [-0.39, 0.29) is 29.4 Å². The smallest absolute Gasteiger partial charge is 0.420 e. The molecule has 3 N–H and O–H groups in total. The lowest BCUT2D eigenvalue weighted by Gasteiger charge is -2.40. The van der Waals surface area contributed by atoms with E-state index in [1.807, 2.05) is 90.0 Å². The lowest BCUT2D eigenvalue weighted by Crippen LogP contribution is -2.47. The first-order valence-corrected chi connectivity index (χ1v) is 14.7. The quantitative estimate of drug-likeness (QED) is 0.316. The van der Waals surface area contributed by atoms with Gasteiger partial charge < -0.3 is 15.8 Å². The molecule has 44 heavy (non-hydrogen) atoms. The number of ether oxygens (including phenoxy) is 1. The molecule has 1 aliphatic heterocycles. The molecule has 0 spiro atoms. The average Bonchev–Trinajstić information content (AvgIpc) is 3.35. The Morgan fingerprint density at radius 3 is 2.45 bits per heavy atom. The van der Waals surface area contributed by atoms with E-state index in [0.29, 0.717) is 38.6 Å². The third-order valence-corrected chi connectivity index (χ3v) is 8.35. The summed E-state index contributed by atoms with van der Waals surface area (Å²) in [5.74, 6) is -0.353. The van der Waals surface area contributed by atoms with Crippen LogP contribution in [0.25, 0.3) is 0 Å². The third-order valence-electron chi connectivity index (χ3n) is 8.35. The number of hydrazone groups is 1. The molecule has 2 aliphatic carbocycles. The second kappa shape index (κ2) is 12.1. The molecule has 1 amide bonds. The van der Waals surface area contributed by atoms with Gasteiger partial charge in [-0.1, -0.05) is 85.0 Å². The third kappa shape index (κ3) is 6.46. The van der Waals surface area contributed by atoms with Crippen molar-refractivity contribution in [3.63, 3.8) is 0 Å². The number of anilines is 1. The molecular formula is C33H33F3N6O2. The number of carbonyl (C=O) groups is 1. The fraction of sp³-hybridized carbons (Fsp3) is 0.333. The lowest BCUT2D eigenvalue weighted by atomic mass is 9.78. The molecule has 3 aliphatic rings. The Hall–Kier alpha value is -4.67. The molecule has 1 saturated carbocycles. The summed E-state index contributed by atoms with van der Waals surface area (Å²) >= 11 is 0. The molecule has 0 saturated heterocycles. The number of nitrogens with two attached hydrogens (primary N) is 1. The summed E-state index contributed by atoms with van der Waals surface area (Å²) in [6.07, 6.45) is 5.68. The van der Waals surface area contributed by atoms with Crippen LogP contribution >= 0.6 is 0 Å². The van der Waals surface area contributed by atoms with Crippen LogP contribution in [-0.2, 0) is 23.9 Å². The van der Waals surface area contributed by atoms with E-state index in [0.717, 1.165) is 17.3 Å². The molecule has 2 aromatic carbocycles. The fourth-order valence-corrected chi connectivity index (χ4v) is 6.48. The molecule has 2 heterocycles. The van der Waals surface area contributed by atoms with Crippen LogP contribution in [0.2, 0.25) is 0 Å². The van der Waals surface area contributed by atoms with E-state index in [1.54, 1.807) is 0 Å². The van der Waals surface area contributed by atoms with Crippen molar-refractivity contribution in [2.24, 2.45) is 16.8 Å². The second-order valence-corrected chi connectivity index (χ2v) is 11.5. The Morgan fingerprint density at radius 2 is 1.75 bits per heavy atom. The number of nitrogens with zero attached hydrogens (tertiary/aromatic N) is 4. The van der Waals surface area contributed by atoms with Crippen LogP contribution in [0.5, 0.6) is 0 Å². The van der Waals surface area contributed by atoms with Crippen molar-refractivity contribution in [2.75, 3.05) is 5.32 Å². The number of rotatable bonds is 8. The second-order valence-electron chi connectivity index (χ2n) is 11.5. The topological polar surface area (TPSA) is 106 Å². The summed E-state index contributed by atoms with van der Waals surface area (Å²) in [5, 5.41) is 9.77. The summed E-state index contributed by atoms with van der Waals surface area (Å²) in [7, 11) is 0. The van der Waals surface area contributed by atoms with Crippen molar-refractivity contribution in [1.82, 2.24) is 15.0 Å². The van der Waals surface area contributed by atoms with Crippen LogP contribution < -0.4 is 11.1 Å². The minimum absolute atomic E-state index is 0.0590. The number of alkyl halides is 3. The predicted molar refractivity (Wildman–Crippen MR) is 161 cm³/mol. The molecule has 3 aromatic rings. The van der Waals surface area contributed by atoms with Gasteiger partial charge in [0.25, 0.3) is 0 Å². The zero-order chi connectivity index (χ0) is 30.7. The van der Waals surface area contributed by atoms with Crippen LogP contribution in [0, 0.1) is 5.92 Å². The maximum absolute atomic E-state index is 14.3. The summed E-state index contributed by atoms with van der Waals surface area (Å²) in [5.41, 5.74) is 5.65. The molecule has 228 valence electrons. The van der Waals surface area contributed by atoms with E-state index in [9.17, 15) is 18.0 Å². The highest BCUT2D eigenvalue weighted by atomic mass is 19.4. The van der Waals surface area contributed by atoms with Gasteiger partial charge >= 0.3 is 12.3 Å². The first-order valence-electron chi connectivity index (χ1n) is 14.7. The zero-order valence-corrected chi connectivity index (χ0v) is 24.0. The van der Waals surface area contributed by atoms with E-state index < -0.39 is 29.4 Å². The Morgan fingerprint density at radius 1 is 1.05 bits per heavy atom. The van der Waals surface area contributed by atoms with E-state index in [4.69, 9.17) is 15.6 Å². The Kier molecular flexibility index (Phi) is 8.11. The van der Waals surface area contributed by atoms with Gasteiger partial charge in [-0.2, -0.15) is 18.3 Å². The largest absolute Gasteiger partial charge is 0.443 e. The highest BCUT2D eigenvalue weighted by Gasteiger charge is 2.44. The van der Waals surface area contributed by atoms with Crippen molar-refractivity contribution < 1.29 is 22.7 Å². The predicted octanol–water partition coefficient (Wildman–Crippen LogP) is 6.26. The highest BCUT2D eigenvalue weighted by Crippen LogP contribution is 2.39. The normalized spacial score (nSPS) is 24.5. The first-order chi connectivity index (χ1) is 21.2. The van der Waals surface area contributed by atoms with E-state index >= 15 is 0 Å². The molecule has 2 unspecified atom stereocenters. The number of aromatic nitrogens is 2. The van der Waals surface area contributed by atoms with Crippen molar-refractivity contribution in [2.45, 2.75) is 62.5 Å². The molecule has 4 atom stereocenters. The average molecular weight is 603 g/mol. The Balaban J connectivity index is 1.30. The zero-order valence-electron chi connectivity index (χ0n) is 24.0. The number of nitrogens with one attached hydrogen (secondary N) is 1. The van der Waals surface area contributed by atoms with Gasteiger partial charge in [0.15, 0.2) is 0 Å². The van der Waals surface area contributed by atoms with Crippen LogP contribution in [0.15, 0.2) is 96.3 Å². The number of amides is 1. The number of primary amides is 1. The maximum Gasteiger partial charge on any atom is 0.420 e. The van der Waals surface area contributed by atoms with Gasteiger partial charge in [0.1, 0.15) is 16.9 Å². The van der Waals surface area contributed by atoms with Gasteiger partial charge in [-0.15, -0.1) is 0 Å². The number of hydrogen-bond donors (Lipinski definition) is 2. The number of benzene rings is 2. The van der Waals surface area contributed by atoms with Crippen LogP contribution in [0.4, 0.5) is 23.9 Å². The minimum atomic E-state index is -4.68. The highest BCUT2D eigenvalue weighted by molar-refractivity contribution is 6.04. The number of allylic oxidation sites excluding steroid dienone is 2. The number of hydrogen-bond acceptors (Lipinski definition) is 7. The summed E-state index contributed by atoms with van der Waals surface area (Å²) in [4.78, 5) is 20.5. The van der Waals surface area contributed by atoms with Gasteiger partial charge in [-0.05, 0) is 30.4 Å². The van der Waals surface area contributed by atoms with Gasteiger partial charge in [0.05, 0.1) is 18.3 Å². The lowest BCUT2D eigenvalue weighted by molar-refractivity contribution is -0.138. The van der Waals surface area contributed by atoms with Gasteiger partial charge in [0, 0.05) is 31.0 Å². The number of fused-ring (bicyclic) bond motifs is 1. The van der Waals surface area contributed by atoms with Crippen LogP contribution in [0.1, 0.15) is 48.1 Å². The SMILES string of the molecule is NC(=O)O[C@]1(Cc2ccccc2)CCC[C@@H](Nc2ncc(C(F)(F)F)c(C3=NN(Cc4ccccc4)C4C=CC=CC34)n2)C1. The van der Waals surface area contributed by atoms with Crippen molar-refractivity contribution in [3.8, 4) is 0 Å². The van der Waals surface area contributed by atoms with E-state index in [2.05, 4.69) is 15.3 Å². The molecule has 0 bridgehead atoms. The summed E-state index contributed by atoms with van der Waals surface area (Å²) in [6.45, 7) is 0.437. The summed E-state index contributed by atoms with van der Waals surface area (Å²) in [6, 6.07) is 18.8. The molecule has 0 radical (unpaired) electrons. The maximum atomic E-state index is 14.3. The standard InChI is InChI=1S/C33H33F3N6O2/c34-33(35,36)26-20-38-31(39-24-14-9-17-32(19-24,44-30(37)43)18-22-10-3-1-4-11-22)40-29(26)28-25-15-7-8-16-27(25)42(41-28)21-23-12-5-2-6-13-23/h1-8,10-13,15-16,20,24-25,27H,9,14,17-19,21H2,(H2,37,43)(H,38,39,40)/t24-,25?,27?,32+/m1/s1. The molecule has 1 aromatic heterocycles. The van der Waals surface area contributed by atoms with Crippen molar-refractivity contribution >= 4 is 17.8 Å². The first kappa shape index (κ1) is 29.4. The molecular weight excluding hydrogens is 569 g/mol. The molecule has 6 rings (SSSR count). The Bertz CT molecular complexity index is 1580. The molecule has 8 nitrogen and oxygen atoms in total. The Labute approximate surface area is 253 Å². The van der Waals surface area contributed by atoms with Gasteiger partial charge in [0.2, 0.25) is 5.95 Å². The van der Waals surface area contributed by atoms with Gasteiger partial charge in [-0.3, -0.25) is 5.01 Å². The number of carbonyl (C=O) groups excluding carboxylic acids is 1. The van der Waals surface area contributed by atoms with Gasteiger partial charge in [-0.25, -0.2) is 14.8 Å².